The number of likely N-dealkylation sites (tertiary alicyclic amines) is 1. The van der Waals surface area contributed by atoms with E-state index in [0.29, 0.717) is 24.9 Å². The van der Waals surface area contributed by atoms with Crippen molar-refractivity contribution in [1.82, 2.24) is 15.1 Å². The summed E-state index contributed by atoms with van der Waals surface area (Å²) < 4.78 is 13.4. The molecule has 0 spiro atoms. The summed E-state index contributed by atoms with van der Waals surface area (Å²) >= 11 is 5.63. The maximum Gasteiger partial charge on any atom is 0.317 e. The molecule has 2 rings (SSSR count). The Morgan fingerprint density at radius 1 is 1.55 bits per heavy atom. The van der Waals surface area contributed by atoms with Crippen LogP contribution in [-0.2, 0) is 11.3 Å². The fraction of sp³-hybridized carbons (Fsp3) is 0.467. The Bertz CT molecular complexity index is 582. The average molecular weight is 328 g/mol. The Hall–Kier alpha value is -1.82. The number of nitrogens with one attached hydrogen (secondary N) is 1. The number of urea groups is 1. The summed E-state index contributed by atoms with van der Waals surface area (Å²) in [7, 11) is 3.36. The Balaban J connectivity index is 1.89. The van der Waals surface area contributed by atoms with Crippen LogP contribution in [0.15, 0.2) is 18.2 Å². The molecule has 0 aromatic heterocycles. The van der Waals surface area contributed by atoms with Crippen LogP contribution in [0.3, 0.4) is 0 Å². The molecule has 0 saturated carbocycles. The normalized spacial score (nSPS) is 18.3. The molecule has 1 aromatic rings. The minimum Gasteiger partial charge on any atom is -0.344 e. The van der Waals surface area contributed by atoms with Gasteiger partial charge >= 0.3 is 6.03 Å². The molecule has 1 atom stereocenters. The number of rotatable bonds is 3. The Labute approximate surface area is 134 Å². The van der Waals surface area contributed by atoms with Crippen LogP contribution in [-0.4, -0.2) is 48.4 Å². The van der Waals surface area contributed by atoms with Gasteiger partial charge in [0.25, 0.3) is 0 Å². The highest BCUT2D eigenvalue weighted by molar-refractivity contribution is 6.30. The molecule has 0 radical (unpaired) electrons. The first kappa shape index (κ1) is 16.5. The van der Waals surface area contributed by atoms with Gasteiger partial charge in [-0.15, -0.1) is 0 Å². The predicted molar refractivity (Wildman–Crippen MR) is 82.1 cm³/mol. The summed E-state index contributed by atoms with van der Waals surface area (Å²) in [4.78, 5) is 26.6. The van der Waals surface area contributed by atoms with Gasteiger partial charge in [0.2, 0.25) is 5.91 Å². The molecule has 22 heavy (non-hydrogen) atoms. The van der Waals surface area contributed by atoms with E-state index in [2.05, 4.69) is 5.32 Å². The maximum atomic E-state index is 13.4. The van der Waals surface area contributed by atoms with Gasteiger partial charge in [-0.3, -0.25) is 4.79 Å². The first-order valence-electron chi connectivity index (χ1n) is 7.06. The first-order chi connectivity index (χ1) is 10.4. The zero-order chi connectivity index (χ0) is 16.3. The minimum absolute atomic E-state index is 0.0559. The Morgan fingerprint density at radius 3 is 2.91 bits per heavy atom. The molecule has 3 amide bonds. The van der Waals surface area contributed by atoms with Crippen molar-refractivity contribution in [3.63, 3.8) is 0 Å². The predicted octanol–water partition coefficient (Wildman–Crippen LogP) is 2.24. The number of carbonyl (C=O) groups excluding carboxylic acids is 2. The van der Waals surface area contributed by atoms with Crippen LogP contribution in [0.5, 0.6) is 0 Å². The Morgan fingerprint density at radius 2 is 2.27 bits per heavy atom. The van der Waals surface area contributed by atoms with E-state index < -0.39 is 5.82 Å². The van der Waals surface area contributed by atoms with Crippen molar-refractivity contribution in [2.24, 2.45) is 0 Å². The summed E-state index contributed by atoms with van der Waals surface area (Å²) in [5.41, 5.74) is 0.662. The molecule has 0 unspecified atom stereocenters. The molecule has 1 aliphatic rings. The van der Waals surface area contributed by atoms with Gasteiger partial charge in [0.05, 0.1) is 5.02 Å². The lowest BCUT2D eigenvalue weighted by molar-refractivity contribution is -0.132. The zero-order valence-corrected chi connectivity index (χ0v) is 13.4. The largest absolute Gasteiger partial charge is 0.344 e. The van der Waals surface area contributed by atoms with Crippen molar-refractivity contribution in [2.45, 2.75) is 25.4 Å². The molecule has 1 saturated heterocycles. The smallest absolute Gasteiger partial charge is 0.317 e. The van der Waals surface area contributed by atoms with Crippen molar-refractivity contribution >= 4 is 23.5 Å². The lowest BCUT2D eigenvalue weighted by Crippen LogP contribution is -2.51. The van der Waals surface area contributed by atoms with E-state index in [-0.39, 0.29) is 29.5 Å². The SMILES string of the molecule is CN1C[C@@H](NC(=O)N(C)Cc2ccc(Cl)c(F)c2)CCC1=O. The summed E-state index contributed by atoms with van der Waals surface area (Å²) in [6, 6.07) is 4.17. The molecule has 1 N–H and O–H groups in total. The maximum absolute atomic E-state index is 13.4. The molecule has 5 nitrogen and oxygen atoms in total. The second-order valence-corrected chi connectivity index (χ2v) is 5.97. The molecular formula is C15H19ClFN3O2. The number of amides is 3. The fourth-order valence-corrected chi connectivity index (χ4v) is 2.52. The summed E-state index contributed by atoms with van der Waals surface area (Å²) in [6.45, 7) is 0.787. The number of nitrogens with zero attached hydrogens (tertiary/aromatic N) is 2. The van der Waals surface area contributed by atoms with E-state index in [9.17, 15) is 14.0 Å². The monoisotopic (exact) mass is 327 g/mol. The summed E-state index contributed by atoms with van der Waals surface area (Å²) in [5.74, 6) is -0.407. The summed E-state index contributed by atoms with van der Waals surface area (Å²) in [6.07, 6.45) is 1.08. The molecule has 7 heteroatoms. The van der Waals surface area contributed by atoms with E-state index in [1.54, 1.807) is 25.1 Å². The van der Waals surface area contributed by atoms with Gasteiger partial charge < -0.3 is 15.1 Å². The second kappa shape index (κ2) is 6.96. The van der Waals surface area contributed by atoms with Crippen LogP contribution in [0.1, 0.15) is 18.4 Å². The van der Waals surface area contributed by atoms with E-state index in [1.807, 2.05) is 0 Å². The lowest BCUT2D eigenvalue weighted by Gasteiger charge is -2.31. The van der Waals surface area contributed by atoms with E-state index in [4.69, 9.17) is 11.6 Å². The van der Waals surface area contributed by atoms with Crippen molar-refractivity contribution < 1.29 is 14.0 Å². The number of halogens is 2. The van der Waals surface area contributed by atoms with Gasteiger partial charge in [-0.25, -0.2) is 9.18 Å². The van der Waals surface area contributed by atoms with Crippen molar-refractivity contribution in [2.75, 3.05) is 20.6 Å². The number of likely N-dealkylation sites (N-methyl/N-ethyl adjacent to an activating group) is 1. The van der Waals surface area contributed by atoms with Crippen LogP contribution in [0.25, 0.3) is 0 Å². The van der Waals surface area contributed by atoms with Crippen LogP contribution in [0.4, 0.5) is 9.18 Å². The standard InChI is InChI=1S/C15H19ClFN3O2/c1-19-9-11(4-6-14(19)21)18-15(22)20(2)8-10-3-5-12(16)13(17)7-10/h3,5,7,11H,4,6,8-9H2,1-2H3,(H,18,22)/t11-/m0/s1. The van der Waals surface area contributed by atoms with Gasteiger partial charge in [0.1, 0.15) is 5.82 Å². The van der Waals surface area contributed by atoms with Gasteiger partial charge in [-0.2, -0.15) is 0 Å². The highest BCUT2D eigenvalue weighted by Gasteiger charge is 2.24. The van der Waals surface area contributed by atoms with Crippen LogP contribution in [0, 0.1) is 5.82 Å². The number of carbonyl (C=O) groups is 2. The number of hydrogen-bond donors (Lipinski definition) is 1. The number of hydrogen-bond acceptors (Lipinski definition) is 2. The molecule has 1 fully saturated rings. The topological polar surface area (TPSA) is 52.7 Å². The first-order valence-corrected chi connectivity index (χ1v) is 7.44. The highest BCUT2D eigenvalue weighted by Crippen LogP contribution is 2.16. The molecule has 1 aliphatic heterocycles. The van der Waals surface area contributed by atoms with E-state index in [0.717, 1.165) is 0 Å². The molecular weight excluding hydrogens is 309 g/mol. The molecule has 0 aliphatic carbocycles. The fourth-order valence-electron chi connectivity index (χ4n) is 2.40. The van der Waals surface area contributed by atoms with Crippen molar-refractivity contribution in [3.05, 3.63) is 34.6 Å². The van der Waals surface area contributed by atoms with Crippen molar-refractivity contribution in [3.8, 4) is 0 Å². The van der Waals surface area contributed by atoms with Gasteiger partial charge in [0, 0.05) is 39.6 Å². The third-order valence-electron chi connectivity index (χ3n) is 3.70. The molecule has 0 bridgehead atoms. The number of benzene rings is 1. The zero-order valence-electron chi connectivity index (χ0n) is 12.6. The molecule has 1 aromatic carbocycles. The van der Waals surface area contributed by atoms with Crippen molar-refractivity contribution in [1.29, 1.82) is 0 Å². The summed E-state index contributed by atoms with van der Waals surface area (Å²) in [5, 5.41) is 2.95. The third kappa shape index (κ3) is 4.10. The average Bonchev–Trinajstić information content (AvgIpc) is 2.46. The number of piperidine rings is 1. The van der Waals surface area contributed by atoms with Gasteiger partial charge in [-0.1, -0.05) is 17.7 Å². The molecule has 120 valence electrons. The third-order valence-corrected chi connectivity index (χ3v) is 4.01. The quantitative estimate of drug-likeness (QED) is 0.925. The van der Waals surface area contributed by atoms with E-state index >= 15 is 0 Å². The Kier molecular flexibility index (Phi) is 5.24. The highest BCUT2D eigenvalue weighted by atomic mass is 35.5. The second-order valence-electron chi connectivity index (χ2n) is 5.56. The van der Waals surface area contributed by atoms with Gasteiger partial charge in [-0.05, 0) is 24.1 Å². The van der Waals surface area contributed by atoms with Crippen LogP contribution < -0.4 is 5.32 Å². The lowest BCUT2D eigenvalue weighted by atomic mass is 10.1. The van der Waals surface area contributed by atoms with E-state index in [1.165, 1.54) is 17.0 Å². The molecule has 1 heterocycles. The minimum atomic E-state index is -0.500. The van der Waals surface area contributed by atoms with Gasteiger partial charge in [0.15, 0.2) is 0 Å². The van der Waals surface area contributed by atoms with Crippen LogP contribution >= 0.6 is 11.6 Å². The van der Waals surface area contributed by atoms with Crippen LogP contribution in [0.2, 0.25) is 5.02 Å².